The molecule has 1 aromatic rings. The standard InChI is InChI=1S/C13H19NO2/c15-12-3-1-10(2-4-12)9-11-5-7-14-8-6-13(11)16/h1-4,11,13-16H,5-9H2. The molecule has 1 aromatic carbocycles. The van der Waals surface area contributed by atoms with Crippen LogP contribution in [0.2, 0.25) is 0 Å². The fourth-order valence-corrected chi connectivity index (χ4v) is 2.26. The summed E-state index contributed by atoms with van der Waals surface area (Å²) in [5.41, 5.74) is 1.18. The fraction of sp³-hybridized carbons (Fsp3) is 0.538. The summed E-state index contributed by atoms with van der Waals surface area (Å²) in [4.78, 5) is 0. The monoisotopic (exact) mass is 221 g/mol. The Hall–Kier alpha value is -1.06. The van der Waals surface area contributed by atoms with Crippen molar-refractivity contribution in [1.29, 1.82) is 0 Å². The van der Waals surface area contributed by atoms with E-state index in [-0.39, 0.29) is 6.10 Å². The molecular weight excluding hydrogens is 202 g/mol. The molecule has 0 amide bonds. The number of nitrogens with one attached hydrogen (secondary N) is 1. The molecule has 3 nitrogen and oxygen atoms in total. The van der Waals surface area contributed by atoms with Gasteiger partial charge in [0.1, 0.15) is 5.75 Å². The van der Waals surface area contributed by atoms with Gasteiger partial charge in [-0.25, -0.2) is 0 Å². The van der Waals surface area contributed by atoms with E-state index in [2.05, 4.69) is 5.32 Å². The van der Waals surface area contributed by atoms with Gasteiger partial charge in [-0.1, -0.05) is 12.1 Å². The van der Waals surface area contributed by atoms with Gasteiger partial charge in [0.25, 0.3) is 0 Å². The average molecular weight is 221 g/mol. The molecular formula is C13H19NO2. The lowest BCUT2D eigenvalue weighted by molar-refractivity contribution is 0.104. The first kappa shape index (κ1) is 11.4. The number of benzene rings is 1. The van der Waals surface area contributed by atoms with Gasteiger partial charge in [-0.3, -0.25) is 0 Å². The first-order valence-electron chi connectivity index (χ1n) is 5.92. The molecule has 1 saturated heterocycles. The van der Waals surface area contributed by atoms with Crippen molar-refractivity contribution in [2.75, 3.05) is 13.1 Å². The maximum Gasteiger partial charge on any atom is 0.115 e. The first-order valence-corrected chi connectivity index (χ1v) is 5.92. The number of aliphatic hydroxyl groups is 1. The average Bonchev–Trinajstić information content (AvgIpc) is 2.48. The van der Waals surface area contributed by atoms with Crippen LogP contribution < -0.4 is 5.32 Å². The van der Waals surface area contributed by atoms with Gasteiger partial charge in [0.05, 0.1) is 6.10 Å². The number of phenols is 1. The van der Waals surface area contributed by atoms with E-state index in [0.717, 1.165) is 32.4 Å². The second-order valence-electron chi connectivity index (χ2n) is 4.53. The molecule has 88 valence electrons. The third-order valence-electron chi connectivity index (χ3n) is 3.29. The first-order chi connectivity index (χ1) is 7.75. The minimum Gasteiger partial charge on any atom is -0.508 e. The van der Waals surface area contributed by atoms with Crippen LogP contribution in [0.3, 0.4) is 0 Å². The molecule has 2 unspecified atom stereocenters. The molecule has 2 rings (SSSR count). The summed E-state index contributed by atoms with van der Waals surface area (Å²) in [6.07, 6.45) is 2.54. The van der Waals surface area contributed by atoms with Crippen LogP contribution in [0, 0.1) is 5.92 Å². The van der Waals surface area contributed by atoms with Crippen molar-refractivity contribution in [1.82, 2.24) is 5.32 Å². The van der Waals surface area contributed by atoms with Crippen molar-refractivity contribution in [2.24, 2.45) is 5.92 Å². The number of aromatic hydroxyl groups is 1. The minimum absolute atomic E-state index is 0.205. The number of rotatable bonds is 2. The number of hydrogen-bond acceptors (Lipinski definition) is 3. The molecule has 0 saturated carbocycles. The highest BCUT2D eigenvalue weighted by atomic mass is 16.3. The van der Waals surface area contributed by atoms with Crippen LogP contribution >= 0.6 is 0 Å². The highest BCUT2D eigenvalue weighted by Gasteiger charge is 2.21. The van der Waals surface area contributed by atoms with Crippen LogP contribution in [0.5, 0.6) is 5.75 Å². The summed E-state index contributed by atoms with van der Waals surface area (Å²) in [5.74, 6) is 0.631. The normalized spacial score (nSPS) is 26.3. The molecule has 1 heterocycles. The van der Waals surface area contributed by atoms with E-state index in [1.807, 2.05) is 12.1 Å². The van der Waals surface area contributed by atoms with Crippen LogP contribution in [0.15, 0.2) is 24.3 Å². The van der Waals surface area contributed by atoms with Gasteiger partial charge in [-0.05, 0) is 56.0 Å². The maximum absolute atomic E-state index is 9.98. The zero-order valence-corrected chi connectivity index (χ0v) is 9.39. The Morgan fingerprint density at radius 3 is 2.56 bits per heavy atom. The van der Waals surface area contributed by atoms with Crippen LogP contribution in [0.25, 0.3) is 0 Å². The molecule has 1 fully saturated rings. The Balaban J connectivity index is 1.99. The van der Waals surface area contributed by atoms with E-state index in [9.17, 15) is 10.2 Å². The van der Waals surface area contributed by atoms with Crippen molar-refractivity contribution in [3.05, 3.63) is 29.8 Å². The second kappa shape index (κ2) is 5.32. The predicted molar refractivity (Wildman–Crippen MR) is 63.4 cm³/mol. The number of hydrogen-bond donors (Lipinski definition) is 3. The Morgan fingerprint density at radius 2 is 1.81 bits per heavy atom. The molecule has 0 aliphatic carbocycles. The molecule has 0 radical (unpaired) electrons. The second-order valence-corrected chi connectivity index (χ2v) is 4.53. The number of phenolic OH excluding ortho intramolecular Hbond substituents is 1. The van der Waals surface area contributed by atoms with Gasteiger partial charge in [-0.15, -0.1) is 0 Å². The van der Waals surface area contributed by atoms with E-state index in [1.54, 1.807) is 12.1 Å². The van der Waals surface area contributed by atoms with E-state index in [4.69, 9.17) is 0 Å². The van der Waals surface area contributed by atoms with E-state index >= 15 is 0 Å². The zero-order valence-electron chi connectivity index (χ0n) is 9.39. The van der Waals surface area contributed by atoms with Crippen molar-refractivity contribution in [2.45, 2.75) is 25.4 Å². The Morgan fingerprint density at radius 1 is 1.12 bits per heavy atom. The molecule has 16 heavy (non-hydrogen) atoms. The SMILES string of the molecule is Oc1ccc(CC2CCNCCC2O)cc1. The largest absolute Gasteiger partial charge is 0.508 e. The molecule has 3 N–H and O–H groups in total. The summed E-state index contributed by atoms with van der Waals surface area (Å²) in [6, 6.07) is 7.27. The van der Waals surface area contributed by atoms with Crippen molar-refractivity contribution in [3.8, 4) is 5.75 Å². The maximum atomic E-state index is 9.98. The van der Waals surface area contributed by atoms with E-state index < -0.39 is 0 Å². The van der Waals surface area contributed by atoms with Crippen LogP contribution in [-0.4, -0.2) is 29.4 Å². The van der Waals surface area contributed by atoms with Crippen LogP contribution in [0.4, 0.5) is 0 Å². The van der Waals surface area contributed by atoms with Crippen LogP contribution in [0.1, 0.15) is 18.4 Å². The van der Waals surface area contributed by atoms with Gasteiger partial charge in [0.2, 0.25) is 0 Å². The Kier molecular flexibility index (Phi) is 3.80. The van der Waals surface area contributed by atoms with Gasteiger partial charge >= 0.3 is 0 Å². The summed E-state index contributed by atoms with van der Waals surface area (Å²) < 4.78 is 0. The summed E-state index contributed by atoms with van der Waals surface area (Å²) in [7, 11) is 0. The quantitative estimate of drug-likeness (QED) is 0.705. The zero-order chi connectivity index (χ0) is 11.4. The molecule has 1 aliphatic rings. The number of aliphatic hydroxyl groups excluding tert-OH is 1. The molecule has 0 aromatic heterocycles. The lowest BCUT2D eigenvalue weighted by atomic mass is 9.90. The molecule has 0 bridgehead atoms. The third-order valence-corrected chi connectivity index (χ3v) is 3.29. The highest BCUT2D eigenvalue weighted by molar-refractivity contribution is 5.26. The summed E-state index contributed by atoms with van der Waals surface area (Å²) >= 11 is 0. The smallest absolute Gasteiger partial charge is 0.115 e. The predicted octanol–water partition coefficient (Wildman–Crippen LogP) is 1.30. The Labute approximate surface area is 96.1 Å². The third kappa shape index (κ3) is 2.97. The van der Waals surface area contributed by atoms with Crippen LogP contribution in [-0.2, 0) is 6.42 Å². The lowest BCUT2D eigenvalue weighted by Crippen LogP contribution is -2.22. The molecule has 0 spiro atoms. The van der Waals surface area contributed by atoms with E-state index in [0.29, 0.717) is 11.7 Å². The van der Waals surface area contributed by atoms with Gasteiger partial charge in [0, 0.05) is 0 Å². The molecule has 2 atom stereocenters. The lowest BCUT2D eigenvalue weighted by Gasteiger charge is -2.19. The highest BCUT2D eigenvalue weighted by Crippen LogP contribution is 2.21. The molecule has 3 heteroatoms. The molecule has 1 aliphatic heterocycles. The summed E-state index contributed by atoms with van der Waals surface area (Å²) in [6.45, 7) is 1.90. The Bertz CT molecular complexity index is 323. The fourth-order valence-electron chi connectivity index (χ4n) is 2.26. The van der Waals surface area contributed by atoms with Gasteiger partial charge in [-0.2, -0.15) is 0 Å². The van der Waals surface area contributed by atoms with Gasteiger partial charge in [0.15, 0.2) is 0 Å². The van der Waals surface area contributed by atoms with E-state index in [1.165, 1.54) is 5.56 Å². The van der Waals surface area contributed by atoms with Gasteiger partial charge < -0.3 is 15.5 Å². The minimum atomic E-state index is -0.205. The van der Waals surface area contributed by atoms with Crippen molar-refractivity contribution < 1.29 is 10.2 Å². The summed E-state index contributed by atoms with van der Waals surface area (Å²) in [5, 5.41) is 22.5. The van der Waals surface area contributed by atoms with Crippen molar-refractivity contribution >= 4 is 0 Å². The van der Waals surface area contributed by atoms with Crippen molar-refractivity contribution in [3.63, 3.8) is 0 Å². The topological polar surface area (TPSA) is 52.5 Å².